The van der Waals surface area contributed by atoms with Crippen LogP contribution in [0.15, 0.2) is 48.5 Å². The van der Waals surface area contributed by atoms with Crippen molar-refractivity contribution in [1.29, 1.82) is 0 Å². The van der Waals surface area contributed by atoms with Gasteiger partial charge in [-0.1, -0.05) is 36.4 Å². The molecule has 3 rings (SSSR count). The topological polar surface area (TPSA) is 57.6 Å². The van der Waals surface area contributed by atoms with E-state index in [0.29, 0.717) is 18.8 Å². The van der Waals surface area contributed by atoms with Gasteiger partial charge in [-0.25, -0.2) is 4.79 Å². The highest BCUT2D eigenvalue weighted by Crippen LogP contribution is 2.30. The van der Waals surface area contributed by atoms with E-state index in [0.717, 1.165) is 31.5 Å². The summed E-state index contributed by atoms with van der Waals surface area (Å²) in [6.07, 6.45) is 3.16. The molecule has 0 aliphatic carbocycles. The number of carbonyl (C=O) groups is 2. The van der Waals surface area contributed by atoms with Crippen LogP contribution in [0, 0.1) is 6.92 Å². The highest BCUT2D eigenvalue weighted by atomic mass is 16.4. The Kier molecular flexibility index (Phi) is 5.71. The molecule has 4 heteroatoms. The maximum absolute atomic E-state index is 12.5. The molecule has 26 heavy (non-hydrogen) atoms. The Hall–Kier alpha value is -2.62. The van der Waals surface area contributed by atoms with E-state index in [1.54, 1.807) is 24.3 Å². The van der Waals surface area contributed by atoms with E-state index >= 15 is 0 Å². The van der Waals surface area contributed by atoms with Crippen LogP contribution in [0.2, 0.25) is 0 Å². The molecule has 0 spiro atoms. The molecule has 0 radical (unpaired) electrons. The largest absolute Gasteiger partial charge is 0.478 e. The minimum atomic E-state index is -0.927. The number of carbonyl (C=O) groups excluding carboxylic acids is 1. The summed E-state index contributed by atoms with van der Waals surface area (Å²) in [5.74, 6) is -0.191. The first-order chi connectivity index (χ1) is 12.5. The predicted molar refractivity (Wildman–Crippen MR) is 101 cm³/mol. The molecular formula is C22H25NO3. The smallest absolute Gasteiger partial charge is 0.335 e. The molecule has 4 nitrogen and oxygen atoms in total. The van der Waals surface area contributed by atoms with E-state index in [2.05, 4.69) is 31.2 Å². The van der Waals surface area contributed by atoms with E-state index in [1.165, 1.54) is 11.1 Å². The standard InChI is InChI=1S/C22H25NO3/c1-16-4-2-3-5-20(16)18-12-14-23(15-13-18)21(24)11-8-17-6-9-19(10-7-17)22(25)26/h2-7,9-10,18H,8,11-15H2,1H3,(H,25,26). The first-order valence-electron chi connectivity index (χ1n) is 9.20. The zero-order valence-electron chi connectivity index (χ0n) is 15.1. The third-order valence-corrected chi connectivity index (χ3v) is 5.30. The fourth-order valence-corrected chi connectivity index (χ4v) is 3.71. The molecular weight excluding hydrogens is 326 g/mol. The summed E-state index contributed by atoms with van der Waals surface area (Å²) in [5.41, 5.74) is 4.02. The van der Waals surface area contributed by atoms with Crippen LogP contribution in [0.3, 0.4) is 0 Å². The molecule has 1 aliphatic rings. The van der Waals surface area contributed by atoms with E-state index in [1.807, 2.05) is 4.90 Å². The van der Waals surface area contributed by atoms with Gasteiger partial charge in [0, 0.05) is 19.5 Å². The van der Waals surface area contributed by atoms with Crippen LogP contribution in [-0.4, -0.2) is 35.0 Å². The number of nitrogens with zero attached hydrogens (tertiary/aromatic N) is 1. The van der Waals surface area contributed by atoms with Crippen molar-refractivity contribution >= 4 is 11.9 Å². The van der Waals surface area contributed by atoms with Crippen molar-refractivity contribution in [3.63, 3.8) is 0 Å². The summed E-state index contributed by atoms with van der Waals surface area (Å²) >= 11 is 0. The number of amides is 1. The molecule has 136 valence electrons. The van der Waals surface area contributed by atoms with E-state index < -0.39 is 5.97 Å². The molecule has 1 N–H and O–H groups in total. The number of rotatable bonds is 5. The summed E-state index contributed by atoms with van der Waals surface area (Å²) in [7, 11) is 0. The lowest BCUT2D eigenvalue weighted by atomic mass is 9.87. The second kappa shape index (κ2) is 8.17. The normalized spacial score (nSPS) is 15.0. The van der Waals surface area contributed by atoms with Crippen molar-refractivity contribution in [3.05, 3.63) is 70.8 Å². The maximum atomic E-state index is 12.5. The average Bonchev–Trinajstić information content (AvgIpc) is 2.67. The summed E-state index contributed by atoms with van der Waals surface area (Å²) in [5, 5.41) is 8.92. The quantitative estimate of drug-likeness (QED) is 0.885. The Balaban J connectivity index is 1.49. The van der Waals surface area contributed by atoms with Gasteiger partial charge in [-0.05, 0) is 60.9 Å². The molecule has 0 unspecified atom stereocenters. The summed E-state index contributed by atoms with van der Waals surface area (Å²) in [4.78, 5) is 25.3. The number of hydrogen-bond acceptors (Lipinski definition) is 2. The zero-order chi connectivity index (χ0) is 18.5. The Labute approximate surface area is 154 Å². The van der Waals surface area contributed by atoms with Crippen LogP contribution in [0.5, 0.6) is 0 Å². The number of carboxylic acids is 1. The molecule has 2 aromatic carbocycles. The Morgan fingerprint density at radius 1 is 1.04 bits per heavy atom. The minimum absolute atomic E-state index is 0.190. The van der Waals surface area contributed by atoms with Gasteiger partial charge in [0.25, 0.3) is 0 Å². The molecule has 1 fully saturated rings. The second-order valence-electron chi connectivity index (χ2n) is 7.01. The van der Waals surface area contributed by atoms with E-state index in [9.17, 15) is 9.59 Å². The Morgan fingerprint density at radius 3 is 2.31 bits per heavy atom. The van der Waals surface area contributed by atoms with Crippen LogP contribution < -0.4 is 0 Å². The van der Waals surface area contributed by atoms with Gasteiger partial charge in [-0.2, -0.15) is 0 Å². The van der Waals surface area contributed by atoms with Crippen molar-refractivity contribution in [1.82, 2.24) is 4.90 Å². The number of aromatic carboxylic acids is 1. The first-order valence-corrected chi connectivity index (χ1v) is 9.20. The third-order valence-electron chi connectivity index (χ3n) is 5.30. The molecule has 1 aliphatic heterocycles. The van der Waals surface area contributed by atoms with Gasteiger partial charge in [-0.15, -0.1) is 0 Å². The van der Waals surface area contributed by atoms with Crippen LogP contribution in [0.4, 0.5) is 0 Å². The van der Waals surface area contributed by atoms with Crippen LogP contribution in [-0.2, 0) is 11.2 Å². The van der Waals surface area contributed by atoms with Crippen LogP contribution >= 0.6 is 0 Å². The number of aryl methyl sites for hydroxylation is 2. The molecule has 0 aromatic heterocycles. The number of piperidine rings is 1. The van der Waals surface area contributed by atoms with Crippen LogP contribution in [0.25, 0.3) is 0 Å². The fraction of sp³-hybridized carbons (Fsp3) is 0.364. The summed E-state index contributed by atoms with van der Waals surface area (Å²) in [6.45, 7) is 3.79. The molecule has 0 saturated carbocycles. The van der Waals surface area contributed by atoms with Crippen molar-refractivity contribution < 1.29 is 14.7 Å². The molecule has 2 aromatic rings. The SMILES string of the molecule is Cc1ccccc1C1CCN(C(=O)CCc2ccc(C(=O)O)cc2)CC1. The average molecular weight is 351 g/mol. The Morgan fingerprint density at radius 2 is 1.69 bits per heavy atom. The van der Waals surface area contributed by atoms with Gasteiger partial charge in [0.1, 0.15) is 0 Å². The van der Waals surface area contributed by atoms with Crippen molar-refractivity contribution in [2.75, 3.05) is 13.1 Å². The highest BCUT2D eigenvalue weighted by molar-refractivity contribution is 5.87. The number of benzene rings is 2. The lowest BCUT2D eigenvalue weighted by molar-refractivity contribution is -0.132. The van der Waals surface area contributed by atoms with Crippen molar-refractivity contribution in [2.45, 2.75) is 38.5 Å². The van der Waals surface area contributed by atoms with Gasteiger partial charge in [0.05, 0.1) is 5.56 Å². The monoisotopic (exact) mass is 351 g/mol. The first kappa shape index (κ1) is 18.2. The molecule has 0 bridgehead atoms. The summed E-state index contributed by atoms with van der Waals surface area (Å²) in [6, 6.07) is 15.3. The summed E-state index contributed by atoms with van der Waals surface area (Å²) < 4.78 is 0. The van der Waals surface area contributed by atoms with Gasteiger partial charge in [0.15, 0.2) is 0 Å². The van der Waals surface area contributed by atoms with Gasteiger partial charge in [0.2, 0.25) is 5.91 Å². The van der Waals surface area contributed by atoms with Gasteiger partial charge in [-0.3, -0.25) is 4.79 Å². The Bertz CT molecular complexity index is 774. The lowest BCUT2D eigenvalue weighted by Gasteiger charge is -2.33. The molecule has 1 amide bonds. The highest BCUT2D eigenvalue weighted by Gasteiger charge is 2.24. The number of carboxylic acid groups (broad SMARTS) is 1. The lowest BCUT2D eigenvalue weighted by Crippen LogP contribution is -2.38. The van der Waals surface area contributed by atoms with Gasteiger partial charge >= 0.3 is 5.97 Å². The molecule has 1 saturated heterocycles. The number of likely N-dealkylation sites (tertiary alicyclic amines) is 1. The molecule has 0 atom stereocenters. The second-order valence-corrected chi connectivity index (χ2v) is 7.01. The fourth-order valence-electron chi connectivity index (χ4n) is 3.71. The van der Waals surface area contributed by atoms with Gasteiger partial charge < -0.3 is 10.0 Å². The third kappa shape index (κ3) is 4.31. The van der Waals surface area contributed by atoms with Crippen LogP contribution in [0.1, 0.15) is 52.2 Å². The van der Waals surface area contributed by atoms with E-state index in [-0.39, 0.29) is 11.5 Å². The number of hydrogen-bond donors (Lipinski definition) is 1. The zero-order valence-corrected chi connectivity index (χ0v) is 15.1. The maximum Gasteiger partial charge on any atom is 0.335 e. The molecule has 1 heterocycles. The van der Waals surface area contributed by atoms with E-state index in [4.69, 9.17) is 5.11 Å². The van der Waals surface area contributed by atoms with Crippen molar-refractivity contribution in [3.8, 4) is 0 Å². The minimum Gasteiger partial charge on any atom is -0.478 e. The predicted octanol–water partition coefficient (Wildman–Crippen LogP) is 4.03. The van der Waals surface area contributed by atoms with Crippen molar-refractivity contribution in [2.24, 2.45) is 0 Å².